The van der Waals surface area contributed by atoms with Gasteiger partial charge < -0.3 is 10.1 Å². The summed E-state index contributed by atoms with van der Waals surface area (Å²) in [6.07, 6.45) is 2.51. The molecule has 1 aromatic heterocycles. The molecule has 1 unspecified atom stereocenters. The molecule has 156 valence electrons. The van der Waals surface area contributed by atoms with E-state index >= 15 is 0 Å². The van der Waals surface area contributed by atoms with Gasteiger partial charge in [-0.25, -0.2) is 13.4 Å². The topological polar surface area (TPSA) is 97.4 Å². The van der Waals surface area contributed by atoms with Crippen molar-refractivity contribution in [2.45, 2.75) is 13.0 Å². The van der Waals surface area contributed by atoms with Gasteiger partial charge in [-0.15, -0.1) is 0 Å². The number of anilines is 1. The number of sulfonamides is 1. The number of nitrogens with one attached hydrogen (secondary N) is 2. The van der Waals surface area contributed by atoms with E-state index in [0.29, 0.717) is 28.4 Å². The smallest absolute Gasteiger partial charge is 0.253 e. The molecular formula is C21H20BrN3O4S. The normalized spacial score (nSPS) is 12.1. The van der Waals surface area contributed by atoms with Crippen LogP contribution in [-0.2, 0) is 10.0 Å². The summed E-state index contributed by atoms with van der Waals surface area (Å²) >= 11 is 3.36. The van der Waals surface area contributed by atoms with Crippen LogP contribution in [0.4, 0.5) is 5.69 Å². The number of hydrogen-bond donors (Lipinski definition) is 2. The van der Waals surface area contributed by atoms with Gasteiger partial charge in [0.25, 0.3) is 5.91 Å². The highest BCUT2D eigenvalue weighted by molar-refractivity contribution is 9.10. The average Bonchev–Trinajstić information content (AvgIpc) is 2.69. The fourth-order valence-electron chi connectivity index (χ4n) is 2.72. The van der Waals surface area contributed by atoms with Gasteiger partial charge in [0.2, 0.25) is 15.9 Å². The highest BCUT2D eigenvalue weighted by atomic mass is 79.9. The number of carbonyl (C=O) groups is 1. The predicted octanol–water partition coefficient (Wildman–Crippen LogP) is 4.50. The van der Waals surface area contributed by atoms with E-state index in [1.165, 1.54) is 6.20 Å². The summed E-state index contributed by atoms with van der Waals surface area (Å²) in [6, 6.07) is 17.0. The maximum Gasteiger partial charge on any atom is 0.253 e. The summed E-state index contributed by atoms with van der Waals surface area (Å²) in [4.78, 5) is 16.8. The van der Waals surface area contributed by atoms with E-state index in [1.54, 1.807) is 55.5 Å². The molecule has 0 saturated heterocycles. The third-order valence-corrected chi connectivity index (χ3v) is 5.22. The van der Waals surface area contributed by atoms with Crippen molar-refractivity contribution in [1.29, 1.82) is 0 Å². The van der Waals surface area contributed by atoms with Crippen LogP contribution in [0.25, 0.3) is 0 Å². The van der Waals surface area contributed by atoms with Crippen molar-refractivity contribution in [3.63, 3.8) is 0 Å². The molecule has 3 rings (SSSR count). The first-order valence-corrected chi connectivity index (χ1v) is 11.7. The van der Waals surface area contributed by atoms with Crippen LogP contribution in [0.3, 0.4) is 0 Å². The molecule has 3 aromatic rings. The molecule has 0 aliphatic carbocycles. The van der Waals surface area contributed by atoms with Crippen molar-refractivity contribution in [1.82, 2.24) is 10.3 Å². The molecule has 0 fully saturated rings. The Kier molecular flexibility index (Phi) is 6.73. The number of ether oxygens (including phenoxy) is 1. The van der Waals surface area contributed by atoms with Crippen molar-refractivity contribution < 1.29 is 17.9 Å². The lowest BCUT2D eigenvalue weighted by atomic mass is 10.1. The number of amides is 1. The zero-order valence-corrected chi connectivity index (χ0v) is 18.7. The summed E-state index contributed by atoms with van der Waals surface area (Å²) in [5.41, 5.74) is 1.43. The fraction of sp³-hybridized carbons (Fsp3) is 0.143. The minimum absolute atomic E-state index is 0.334. The minimum Gasteiger partial charge on any atom is -0.439 e. The van der Waals surface area contributed by atoms with Gasteiger partial charge in [-0.3, -0.25) is 9.52 Å². The van der Waals surface area contributed by atoms with Gasteiger partial charge in [0.05, 0.1) is 23.5 Å². The Hall–Kier alpha value is -2.91. The highest BCUT2D eigenvalue weighted by Crippen LogP contribution is 2.24. The van der Waals surface area contributed by atoms with Crippen LogP contribution in [0.2, 0.25) is 0 Å². The second kappa shape index (κ2) is 9.27. The Morgan fingerprint density at radius 3 is 2.40 bits per heavy atom. The van der Waals surface area contributed by atoms with Crippen molar-refractivity contribution in [2.75, 3.05) is 11.0 Å². The molecule has 7 nitrogen and oxygen atoms in total. The lowest BCUT2D eigenvalue weighted by molar-refractivity contribution is 0.0939. The summed E-state index contributed by atoms with van der Waals surface area (Å²) in [7, 11) is -3.44. The number of hydrogen-bond acceptors (Lipinski definition) is 5. The summed E-state index contributed by atoms with van der Waals surface area (Å²) in [5.74, 6) is 0.662. The predicted molar refractivity (Wildman–Crippen MR) is 119 cm³/mol. The van der Waals surface area contributed by atoms with Crippen LogP contribution in [0.5, 0.6) is 11.6 Å². The SMILES string of the molecule is CC(NC(=O)c1ccc(Oc2ccc(Br)cc2)nc1)c1ccccc1NS(C)(=O)=O. The molecule has 1 amide bonds. The molecule has 30 heavy (non-hydrogen) atoms. The molecule has 0 saturated carbocycles. The maximum absolute atomic E-state index is 12.6. The first-order valence-electron chi connectivity index (χ1n) is 8.98. The van der Waals surface area contributed by atoms with Gasteiger partial charge in [-0.2, -0.15) is 0 Å². The number of nitrogens with zero attached hydrogens (tertiary/aromatic N) is 1. The second-order valence-electron chi connectivity index (χ2n) is 6.60. The van der Waals surface area contributed by atoms with Crippen molar-refractivity contribution >= 4 is 37.5 Å². The molecule has 0 aliphatic heterocycles. The number of rotatable bonds is 7. The van der Waals surface area contributed by atoms with Gasteiger partial charge in [-0.1, -0.05) is 34.1 Å². The van der Waals surface area contributed by atoms with Crippen molar-refractivity contribution in [3.8, 4) is 11.6 Å². The molecule has 0 radical (unpaired) electrons. The number of carbonyl (C=O) groups excluding carboxylic acids is 1. The third kappa shape index (κ3) is 6.04. The molecule has 1 atom stereocenters. The van der Waals surface area contributed by atoms with E-state index in [9.17, 15) is 13.2 Å². The van der Waals surface area contributed by atoms with E-state index in [0.717, 1.165) is 10.7 Å². The van der Waals surface area contributed by atoms with Crippen molar-refractivity contribution in [3.05, 3.63) is 82.5 Å². The van der Waals surface area contributed by atoms with E-state index in [-0.39, 0.29) is 5.91 Å². The standard InChI is InChI=1S/C21H20BrN3O4S/c1-14(18-5-3-4-6-19(18)25-30(2,27)28)24-21(26)15-7-12-20(23-13-15)29-17-10-8-16(22)9-11-17/h3-14,25H,1-2H3,(H,24,26). The van der Waals surface area contributed by atoms with Crippen LogP contribution >= 0.6 is 15.9 Å². The minimum atomic E-state index is -3.44. The number of aromatic nitrogens is 1. The van der Waals surface area contributed by atoms with Gasteiger partial charge in [-0.05, 0) is 48.9 Å². The quantitative estimate of drug-likeness (QED) is 0.509. The molecule has 0 spiro atoms. The first kappa shape index (κ1) is 21.8. The number of para-hydroxylation sites is 1. The lowest BCUT2D eigenvalue weighted by Gasteiger charge is -2.18. The maximum atomic E-state index is 12.6. The third-order valence-electron chi connectivity index (χ3n) is 4.10. The lowest BCUT2D eigenvalue weighted by Crippen LogP contribution is -2.27. The zero-order chi connectivity index (χ0) is 21.7. The summed E-state index contributed by atoms with van der Waals surface area (Å²) in [5, 5.41) is 2.85. The number of halogens is 1. The van der Waals surface area contributed by atoms with Crippen LogP contribution in [-0.4, -0.2) is 25.6 Å². The van der Waals surface area contributed by atoms with Gasteiger partial charge in [0.15, 0.2) is 0 Å². The molecular weight excluding hydrogens is 470 g/mol. The second-order valence-corrected chi connectivity index (χ2v) is 9.26. The van der Waals surface area contributed by atoms with Crippen LogP contribution in [0, 0.1) is 0 Å². The Labute approximate surface area is 183 Å². The molecule has 0 bridgehead atoms. The summed E-state index contributed by atoms with van der Waals surface area (Å²) < 4.78 is 32.2. The fourth-order valence-corrected chi connectivity index (χ4v) is 3.57. The average molecular weight is 490 g/mol. The molecule has 2 N–H and O–H groups in total. The van der Waals surface area contributed by atoms with Gasteiger partial charge >= 0.3 is 0 Å². The molecule has 1 heterocycles. The zero-order valence-electron chi connectivity index (χ0n) is 16.3. The summed E-state index contributed by atoms with van der Waals surface area (Å²) in [6.45, 7) is 1.78. The molecule has 0 aliphatic rings. The molecule has 2 aromatic carbocycles. The van der Waals surface area contributed by atoms with Gasteiger partial charge in [0.1, 0.15) is 5.75 Å². The molecule has 9 heteroatoms. The Morgan fingerprint density at radius 1 is 1.07 bits per heavy atom. The van der Waals surface area contributed by atoms with Crippen molar-refractivity contribution in [2.24, 2.45) is 0 Å². The number of pyridine rings is 1. The Morgan fingerprint density at radius 2 is 1.77 bits per heavy atom. The van der Waals surface area contributed by atoms with E-state index in [2.05, 4.69) is 31.0 Å². The Balaban J connectivity index is 1.68. The number of benzene rings is 2. The largest absolute Gasteiger partial charge is 0.439 e. The van der Waals surface area contributed by atoms with Crippen LogP contribution < -0.4 is 14.8 Å². The van der Waals surface area contributed by atoms with Crippen LogP contribution in [0.1, 0.15) is 28.9 Å². The monoisotopic (exact) mass is 489 g/mol. The van der Waals surface area contributed by atoms with E-state index in [4.69, 9.17) is 4.74 Å². The van der Waals surface area contributed by atoms with E-state index < -0.39 is 16.1 Å². The first-order chi connectivity index (χ1) is 14.2. The Bertz CT molecular complexity index is 1130. The highest BCUT2D eigenvalue weighted by Gasteiger charge is 2.16. The van der Waals surface area contributed by atoms with E-state index in [1.807, 2.05) is 12.1 Å². The van der Waals surface area contributed by atoms with Crippen LogP contribution in [0.15, 0.2) is 71.3 Å². The van der Waals surface area contributed by atoms with Gasteiger partial charge in [0, 0.05) is 16.7 Å².